The van der Waals surface area contributed by atoms with Crippen molar-refractivity contribution < 1.29 is 14.2 Å². The molecule has 0 saturated carbocycles. The molecular weight excluding hydrogens is 271 g/mol. The molecule has 0 saturated heterocycles. The summed E-state index contributed by atoms with van der Waals surface area (Å²) in [4.78, 5) is 2.06. The Kier molecular flexibility index (Phi) is 7.08. The SMILES string of the molecule is CCN(CC(C)(C)O)c1ccc(F)cc1CNCCOC. The van der Waals surface area contributed by atoms with Gasteiger partial charge in [-0.25, -0.2) is 4.39 Å². The van der Waals surface area contributed by atoms with Crippen molar-refractivity contribution in [2.75, 3.05) is 38.3 Å². The molecule has 5 heteroatoms. The molecule has 0 radical (unpaired) electrons. The van der Waals surface area contributed by atoms with Gasteiger partial charge in [-0.15, -0.1) is 0 Å². The van der Waals surface area contributed by atoms with Gasteiger partial charge >= 0.3 is 0 Å². The van der Waals surface area contributed by atoms with Gasteiger partial charge in [-0.3, -0.25) is 0 Å². The molecule has 1 rings (SSSR count). The van der Waals surface area contributed by atoms with Crippen molar-refractivity contribution in [1.82, 2.24) is 5.32 Å². The molecule has 0 spiro atoms. The van der Waals surface area contributed by atoms with Gasteiger partial charge in [-0.1, -0.05) is 0 Å². The first-order valence-electron chi connectivity index (χ1n) is 7.32. The van der Waals surface area contributed by atoms with Gasteiger partial charge in [0.1, 0.15) is 5.82 Å². The molecule has 0 aliphatic rings. The monoisotopic (exact) mass is 298 g/mol. The number of hydrogen-bond acceptors (Lipinski definition) is 4. The van der Waals surface area contributed by atoms with Gasteiger partial charge in [0, 0.05) is 39.0 Å². The number of benzene rings is 1. The lowest BCUT2D eigenvalue weighted by molar-refractivity contribution is 0.0875. The van der Waals surface area contributed by atoms with Crippen LogP contribution in [0.4, 0.5) is 10.1 Å². The second-order valence-corrected chi connectivity index (χ2v) is 5.77. The van der Waals surface area contributed by atoms with E-state index in [1.165, 1.54) is 6.07 Å². The molecule has 0 aliphatic heterocycles. The van der Waals surface area contributed by atoms with Crippen molar-refractivity contribution in [3.63, 3.8) is 0 Å². The van der Waals surface area contributed by atoms with Crippen LogP contribution in [0.15, 0.2) is 18.2 Å². The zero-order valence-electron chi connectivity index (χ0n) is 13.4. The summed E-state index contributed by atoms with van der Waals surface area (Å²) in [5.41, 5.74) is 1.04. The van der Waals surface area contributed by atoms with E-state index in [-0.39, 0.29) is 5.82 Å². The summed E-state index contributed by atoms with van der Waals surface area (Å²) in [5.74, 6) is -0.249. The van der Waals surface area contributed by atoms with Crippen LogP contribution in [0, 0.1) is 5.82 Å². The smallest absolute Gasteiger partial charge is 0.123 e. The molecule has 2 N–H and O–H groups in total. The lowest BCUT2D eigenvalue weighted by atomic mass is 10.1. The number of hydrogen-bond donors (Lipinski definition) is 2. The first-order chi connectivity index (χ1) is 9.87. The number of halogens is 1. The Labute approximate surface area is 126 Å². The number of rotatable bonds is 9. The molecule has 0 bridgehead atoms. The van der Waals surface area contributed by atoms with E-state index in [0.29, 0.717) is 26.2 Å². The highest BCUT2D eigenvalue weighted by molar-refractivity contribution is 5.54. The van der Waals surface area contributed by atoms with Gasteiger partial charge in [-0.05, 0) is 44.5 Å². The second-order valence-electron chi connectivity index (χ2n) is 5.77. The fraction of sp³-hybridized carbons (Fsp3) is 0.625. The molecule has 0 aromatic heterocycles. The molecule has 1 aromatic rings. The van der Waals surface area contributed by atoms with Gasteiger partial charge in [0.15, 0.2) is 0 Å². The van der Waals surface area contributed by atoms with Crippen molar-refractivity contribution in [3.8, 4) is 0 Å². The summed E-state index contributed by atoms with van der Waals surface area (Å²) in [6, 6.07) is 4.78. The van der Waals surface area contributed by atoms with E-state index < -0.39 is 5.60 Å². The second kappa shape index (κ2) is 8.32. The van der Waals surface area contributed by atoms with Crippen LogP contribution in [-0.4, -0.2) is 44.1 Å². The van der Waals surface area contributed by atoms with Crippen LogP contribution in [0.1, 0.15) is 26.3 Å². The van der Waals surface area contributed by atoms with E-state index in [9.17, 15) is 9.50 Å². The third kappa shape index (κ3) is 6.42. The molecule has 0 heterocycles. The first kappa shape index (κ1) is 17.9. The summed E-state index contributed by atoms with van der Waals surface area (Å²) in [6.07, 6.45) is 0. The number of ether oxygens (including phenoxy) is 1. The van der Waals surface area contributed by atoms with Crippen LogP contribution < -0.4 is 10.2 Å². The van der Waals surface area contributed by atoms with Crippen LogP contribution in [-0.2, 0) is 11.3 Å². The van der Waals surface area contributed by atoms with Crippen molar-refractivity contribution in [2.45, 2.75) is 32.9 Å². The average Bonchev–Trinajstić information content (AvgIpc) is 2.40. The number of anilines is 1. The van der Waals surface area contributed by atoms with Crippen molar-refractivity contribution >= 4 is 5.69 Å². The fourth-order valence-electron chi connectivity index (χ4n) is 2.24. The normalized spacial score (nSPS) is 11.7. The third-order valence-electron chi connectivity index (χ3n) is 3.14. The van der Waals surface area contributed by atoms with Gasteiger partial charge in [0.05, 0.1) is 12.2 Å². The molecule has 0 fully saturated rings. The number of aliphatic hydroxyl groups is 1. The summed E-state index contributed by atoms with van der Waals surface area (Å²) in [5, 5.41) is 13.3. The number of methoxy groups -OCH3 is 1. The van der Waals surface area contributed by atoms with Crippen LogP contribution in [0.2, 0.25) is 0 Å². The van der Waals surface area contributed by atoms with Crippen LogP contribution in [0.5, 0.6) is 0 Å². The largest absolute Gasteiger partial charge is 0.389 e. The minimum atomic E-state index is -0.800. The van der Waals surface area contributed by atoms with E-state index in [1.54, 1.807) is 33.1 Å². The predicted molar refractivity (Wildman–Crippen MR) is 84.2 cm³/mol. The maximum atomic E-state index is 13.5. The molecule has 0 atom stereocenters. The van der Waals surface area contributed by atoms with E-state index in [0.717, 1.165) is 17.8 Å². The van der Waals surface area contributed by atoms with Gasteiger partial charge < -0.3 is 20.1 Å². The Morgan fingerprint density at radius 1 is 1.38 bits per heavy atom. The predicted octanol–water partition coefficient (Wildman–Crippen LogP) is 2.16. The first-order valence-corrected chi connectivity index (χ1v) is 7.32. The topological polar surface area (TPSA) is 44.7 Å². The number of nitrogens with one attached hydrogen (secondary N) is 1. The number of nitrogens with zero attached hydrogens (tertiary/aromatic N) is 1. The maximum Gasteiger partial charge on any atom is 0.123 e. The standard InChI is InChI=1S/C16H27FN2O2/c1-5-19(12-16(2,3)20)15-7-6-14(17)10-13(15)11-18-8-9-21-4/h6-7,10,18,20H,5,8-9,11-12H2,1-4H3. The summed E-state index contributed by atoms with van der Waals surface area (Å²) in [6.45, 7) is 8.72. The van der Waals surface area contributed by atoms with Crippen LogP contribution in [0.3, 0.4) is 0 Å². The van der Waals surface area contributed by atoms with Gasteiger partial charge in [0.2, 0.25) is 0 Å². The molecule has 0 aliphatic carbocycles. The zero-order chi connectivity index (χ0) is 15.9. The lowest BCUT2D eigenvalue weighted by Gasteiger charge is -2.31. The van der Waals surface area contributed by atoms with Crippen molar-refractivity contribution in [2.24, 2.45) is 0 Å². The van der Waals surface area contributed by atoms with Crippen LogP contribution >= 0.6 is 0 Å². The zero-order valence-corrected chi connectivity index (χ0v) is 13.4. The maximum absolute atomic E-state index is 13.5. The van der Waals surface area contributed by atoms with E-state index in [2.05, 4.69) is 10.2 Å². The molecule has 21 heavy (non-hydrogen) atoms. The molecule has 0 amide bonds. The molecule has 0 unspecified atom stereocenters. The molecule has 4 nitrogen and oxygen atoms in total. The molecule has 1 aromatic carbocycles. The Morgan fingerprint density at radius 2 is 2.10 bits per heavy atom. The quantitative estimate of drug-likeness (QED) is 0.686. The lowest BCUT2D eigenvalue weighted by Crippen LogP contribution is -2.39. The third-order valence-corrected chi connectivity index (χ3v) is 3.14. The average molecular weight is 298 g/mol. The highest BCUT2D eigenvalue weighted by Crippen LogP contribution is 2.23. The minimum Gasteiger partial charge on any atom is -0.389 e. The van der Waals surface area contributed by atoms with Crippen molar-refractivity contribution in [1.29, 1.82) is 0 Å². The Balaban J connectivity index is 2.87. The Bertz CT molecular complexity index is 433. The Hall–Kier alpha value is -1.17. The minimum absolute atomic E-state index is 0.249. The van der Waals surface area contributed by atoms with E-state index in [4.69, 9.17) is 4.74 Å². The Morgan fingerprint density at radius 3 is 2.67 bits per heavy atom. The number of likely N-dealkylation sites (N-methyl/N-ethyl adjacent to an activating group) is 1. The fourth-order valence-corrected chi connectivity index (χ4v) is 2.24. The summed E-state index contributed by atoms with van der Waals surface area (Å²) >= 11 is 0. The van der Waals surface area contributed by atoms with Crippen molar-refractivity contribution in [3.05, 3.63) is 29.6 Å². The molecular formula is C16H27FN2O2. The van der Waals surface area contributed by atoms with Gasteiger partial charge in [-0.2, -0.15) is 0 Å². The summed E-state index contributed by atoms with van der Waals surface area (Å²) in [7, 11) is 1.65. The van der Waals surface area contributed by atoms with E-state index in [1.807, 2.05) is 6.92 Å². The summed E-state index contributed by atoms with van der Waals surface area (Å²) < 4.78 is 18.5. The van der Waals surface area contributed by atoms with E-state index >= 15 is 0 Å². The highest BCUT2D eigenvalue weighted by Gasteiger charge is 2.19. The van der Waals surface area contributed by atoms with Gasteiger partial charge in [0.25, 0.3) is 0 Å². The highest BCUT2D eigenvalue weighted by atomic mass is 19.1. The molecule has 120 valence electrons. The van der Waals surface area contributed by atoms with Crippen LogP contribution in [0.25, 0.3) is 0 Å².